The number of nitrogens with one attached hydrogen (secondary N) is 2. The van der Waals surface area contributed by atoms with Gasteiger partial charge < -0.3 is 25.7 Å². The van der Waals surface area contributed by atoms with Crippen molar-refractivity contribution in [3.63, 3.8) is 0 Å². The molecule has 138 valence electrons. The van der Waals surface area contributed by atoms with Crippen LogP contribution >= 0.6 is 0 Å². The Labute approximate surface area is 146 Å². The van der Waals surface area contributed by atoms with Gasteiger partial charge in [0.1, 0.15) is 0 Å². The largest absolute Gasteiger partial charge is 0.479 e. The van der Waals surface area contributed by atoms with Crippen LogP contribution in [0.4, 0.5) is 10.5 Å². The Bertz CT molecular complexity index is 670. The zero-order valence-electron chi connectivity index (χ0n) is 15.1. The highest BCUT2D eigenvalue weighted by Gasteiger charge is 2.30. The molecule has 1 rings (SSSR count). The van der Waals surface area contributed by atoms with Gasteiger partial charge in [0, 0.05) is 24.3 Å². The molecule has 0 aromatic heterocycles. The fourth-order valence-corrected chi connectivity index (χ4v) is 1.86. The van der Waals surface area contributed by atoms with E-state index >= 15 is 0 Å². The lowest BCUT2D eigenvalue weighted by molar-refractivity contribution is -0.155. The van der Waals surface area contributed by atoms with E-state index in [2.05, 4.69) is 10.6 Å². The molecule has 1 unspecified atom stereocenters. The molecular weight excluding hydrogens is 326 g/mol. The number of carbonyl (C=O) groups is 3. The van der Waals surface area contributed by atoms with Crippen molar-refractivity contribution in [1.29, 1.82) is 0 Å². The smallest absolute Gasteiger partial charge is 0.337 e. The van der Waals surface area contributed by atoms with Crippen molar-refractivity contribution in [2.45, 2.75) is 39.3 Å². The van der Waals surface area contributed by atoms with Crippen LogP contribution < -0.4 is 10.6 Å². The van der Waals surface area contributed by atoms with Crippen LogP contribution in [0.15, 0.2) is 18.2 Å². The van der Waals surface area contributed by atoms with Crippen molar-refractivity contribution >= 4 is 23.6 Å². The summed E-state index contributed by atoms with van der Waals surface area (Å²) in [5.74, 6) is -1.60. The summed E-state index contributed by atoms with van der Waals surface area (Å²) < 4.78 is 0. The minimum absolute atomic E-state index is 0.0325. The van der Waals surface area contributed by atoms with Crippen molar-refractivity contribution in [2.24, 2.45) is 0 Å². The highest BCUT2D eigenvalue weighted by atomic mass is 16.4. The van der Waals surface area contributed by atoms with E-state index in [1.54, 1.807) is 37.1 Å². The molecule has 0 heterocycles. The maximum absolute atomic E-state index is 12.5. The Morgan fingerprint density at radius 3 is 2.40 bits per heavy atom. The van der Waals surface area contributed by atoms with Gasteiger partial charge in [-0.25, -0.2) is 9.59 Å². The molecule has 0 spiro atoms. The van der Waals surface area contributed by atoms with Crippen LogP contribution in [0.1, 0.15) is 36.7 Å². The van der Waals surface area contributed by atoms with E-state index in [1.807, 2.05) is 13.8 Å². The molecule has 0 aliphatic carbocycles. The standard InChI is InChI=1S/C17H25N3O5/c1-10(2)20(5)14(21)13-8-12(7-6-11(13)3)19-16(24)18-9-17(4,25)15(22)23/h6-8,10,25H,9H2,1-5H3,(H,22,23)(H2,18,19,24). The third-order valence-corrected chi connectivity index (χ3v) is 3.87. The highest BCUT2D eigenvalue weighted by Crippen LogP contribution is 2.18. The highest BCUT2D eigenvalue weighted by molar-refractivity contribution is 5.98. The van der Waals surface area contributed by atoms with Crippen LogP contribution in [0.2, 0.25) is 0 Å². The van der Waals surface area contributed by atoms with Crippen molar-refractivity contribution in [3.05, 3.63) is 29.3 Å². The molecule has 1 aromatic carbocycles. The average molecular weight is 351 g/mol. The summed E-state index contributed by atoms with van der Waals surface area (Å²) in [6.07, 6.45) is 0. The number of hydrogen-bond donors (Lipinski definition) is 4. The number of rotatable bonds is 6. The summed E-state index contributed by atoms with van der Waals surface area (Å²) in [5.41, 5.74) is -0.437. The first-order valence-corrected chi connectivity index (χ1v) is 7.84. The number of benzene rings is 1. The van der Waals surface area contributed by atoms with Crippen LogP contribution in [0.25, 0.3) is 0 Å². The number of nitrogens with zero attached hydrogens (tertiary/aromatic N) is 1. The fourth-order valence-electron chi connectivity index (χ4n) is 1.86. The lowest BCUT2D eigenvalue weighted by Crippen LogP contribution is -2.47. The summed E-state index contributed by atoms with van der Waals surface area (Å²) in [5, 5.41) is 23.2. The molecule has 4 N–H and O–H groups in total. The molecule has 8 nitrogen and oxygen atoms in total. The molecule has 3 amide bonds. The van der Waals surface area contributed by atoms with Gasteiger partial charge >= 0.3 is 12.0 Å². The van der Waals surface area contributed by atoms with Gasteiger partial charge in [-0.2, -0.15) is 0 Å². The minimum Gasteiger partial charge on any atom is -0.479 e. The van der Waals surface area contributed by atoms with Crippen molar-refractivity contribution < 1.29 is 24.6 Å². The van der Waals surface area contributed by atoms with Gasteiger partial charge in [0.05, 0.1) is 6.54 Å². The van der Waals surface area contributed by atoms with Gasteiger partial charge in [0.25, 0.3) is 5.91 Å². The molecule has 0 saturated carbocycles. The van der Waals surface area contributed by atoms with Crippen molar-refractivity contribution in [2.75, 3.05) is 18.9 Å². The quantitative estimate of drug-likeness (QED) is 0.618. The predicted molar refractivity (Wildman–Crippen MR) is 93.7 cm³/mol. The maximum atomic E-state index is 12.5. The van der Waals surface area contributed by atoms with E-state index in [0.29, 0.717) is 11.3 Å². The summed E-state index contributed by atoms with van der Waals surface area (Å²) in [6, 6.07) is 4.26. The average Bonchev–Trinajstić information content (AvgIpc) is 2.53. The van der Waals surface area contributed by atoms with E-state index in [1.165, 1.54) is 0 Å². The van der Waals surface area contributed by atoms with Gasteiger partial charge in [0.2, 0.25) is 0 Å². The van der Waals surface area contributed by atoms with E-state index in [0.717, 1.165) is 12.5 Å². The molecule has 0 saturated heterocycles. The first kappa shape index (κ1) is 20.4. The van der Waals surface area contributed by atoms with Gasteiger partial charge in [0.15, 0.2) is 5.60 Å². The van der Waals surface area contributed by atoms with Crippen LogP contribution in [0.3, 0.4) is 0 Å². The van der Waals surface area contributed by atoms with E-state index in [9.17, 15) is 19.5 Å². The number of anilines is 1. The van der Waals surface area contributed by atoms with Gasteiger partial charge in [-0.3, -0.25) is 4.79 Å². The first-order valence-electron chi connectivity index (χ1n) is 7.84. The lowest BCUT2D eigenvalue weighted by Gasteiger charge is -2.23. The lowest BCUT2D eigenvalue weighted by atomic mass is 10.1. The van der Waals surface area contributed by atoms with Crippen molar-refractivity contribution in [1.82, 2.24) is 10.2 Å². The fraction of sp³-hybridized carbons (Fsp3) is 0.471. The topological polar surface area (TPSA) is 119 Å². The zero-order chi connectivity index (χ0) is 19.4. The maximum Gasteiger partial charge on any atom is 0.337 e. The monoisotopic (exact) mass is 351 g/mol. The second-order valence-corrected chi connectivity index (χ2v) is 6.43. The molecule has 1 aromatic rings. The van der Waals surface area contributed by atoms with Crippen LogP contribution in [0.5, 0.6) is 0 Å². The Morgan fingerprint density at radius 2 is 1.88 bits per heavy atom. The SMILES string of the molecule is Cc1ccc(NC(=O)NCC(C)(O)C(=O)O)cc1C(=O)N(C)C(C)C. The molecule has 0 aliphatic heterocycles. The Hall–Kier alpha value is -2.61. The molecule has 0 radical (unpaired) electrons. The number of urea groups is 1. The van der Waals surface area contributed by atoms with Crippen LogP contribution in [-0.2, 0) is 4.79 Å². The minimum atomic E-state index is -2.06. The number of hydrogen-bond acceptors (Lipinski definition) is 4. The van der Waals surface area contributed by atoms with Crippen LogP contribution in [0, 0.1) is 6.92 Å². The summed E-state index contributed by atoms with van der Waals surface area (Å²) in [4.78, 5) is 36.7. The third kappa shape index (κ3) is 5.46. The molecule has 1 atom stereocenters. The second kappa shape index (κ2) is 7.98. The van der Waals surface area contributed by atoms with E-state index < -0.39 is 24.1 Å². The Kier molecular flexibility index (Phi) is 6.52. The summed E-state index contributed by atoms with van der Waals surface area (Å²) in [7, 11) is 1.70. The second-order valence-electron chi connectivity index (χ2n) is 6.43. The molecule has 25 heavy (non-hydrogen) atoms. The van der Waals surface area contributed by atoms with Gasteiger partial charge in [-0.05, 0) is 45.4 Å². The number of carboxylic acid groups (broad SMARTS) is 1. The number of aryl methyl sites for hydroxylation is 1. The number of aliphatic carboxylic acids is 1. The van der Waals surface area contributed by atoms with Crippen molar-refractivity contribution in [3.8, 4) is 0 Å². The predicted octanol–water partition coefficient (Wildman–Crippen LogP) is 1.43. The summed E-state index contributed by atoms with van der Waals surface area (Å²) in [6.45, 7) is 6.23. The number of aliphatic hydroxyl groups is 1. The van der Waals surface area contributed by atoms with Crippen LogP contribution in [-0.4, -0.2) is 58.3 Å². The normalized spacial score (nSPS) is 13.1. The van der Waals surface area contributed by atoms with Gasteiger partial charge in [-0.15, -0.1) is 0 Å². The van der Waals surface area contributed by atoms with E-state index in [4.69, 9.17) is 5.11 Å². The molecule has 8 heteroatoms. The van der Waals surface area contributed by atoms with E-state index in [-0.39, 0.29) is 11.9 Å². The molecule has 0 aliphatic rings. The molecular formula is C17H25N3O5. The zero-order valence-corrected chi connectivity index (χ0v) is 15.1. The molecule has 0 fully saturated rings. The molecule has 0 bridgehead atoms. The third-order valence-electron chi connectivity index (χ3n) is 3.87. The number of carboxylic acids is 1. The Morgan fingerprint density at radius 1 is 1.28 bits per heavy atom. The number of amides is 3. The first-order chi connectivity index (χ1) is 11.5. The number of carbonyl (C=O) groups excluding carboxylic acids is 2. The summed E-state index contributed by atoms with van der Waals surface area (Å²) >= 11 is 0. The van der Waals surface area contributed by atoms with Gasteiger partial charge in [-0.1, -0.05) is 6.07 Å². The Balaban J connectivity index is 2.84.